The van der Waals surface area contributed by atoms with Crippen LogP contribution in [-0.4, -0.2) is 64.4 Å². The molecule has 1 aliphatic heterocycles. The quantitative estimate of drug-likeness (QED) is 0.826. The van der Waals surface area contributed by atoms with E-state index in [0.717, 1.165) is 0 Å². The SMILES string of the molecule is O=C(COc1ccc(F)cc1)N1CCN(C(=O)c2cnccn2)CC1. The van der Waals surface area contributed by atoms with Crippen molar-refractivity contribution in [2.45, 2.75) is 0 Å². The van der Waals surface area contributed by atoms with Crippen LogP contribution in [0.5, 0.6) is 5.75 Å². The Bertz CT molecular complexity index is 731. The van der Waals surface area contributed by atoms with Crippen LogP contribution in [0.4, 0.5) is 4.39 Å². The molecule has 0 radical (unpaired) electrons. The molecule has 0 atom stereocenters. The molecule has 8 heteroatoms. The van der Waals surface area contributed by atoms with E-state index in [1.54, 1.807) is 9.80 Å². The molecule has 0 bridgehead atoms. The minimum atomic E-state index is -0.359. The van der Waals surface area contributed by atoms with E-state index in [0.29, 0.717) is 37.6 Å². The summed E-state index contributed by atoms with van der Waals surface area (Å²) >= 11 is 0. The summed E-state index contributed by atoms with van der Waals surface area (Å²) in [6, 6.07) is 5.49. The standard InChI is InChI=1S/C17H17FN4O3/c18-13-1-3-14(4-2-13)25-12-16(23)21-7-9-22(10-8-21)17(24)15-11-19-5-6-20-15/h1-6,11H,7-10,12H2. The molecule has 1 aliphatic rings. The van der Waals surface area contributed by atoms with Crippen LogP contribution in [0.15, 0.2) is 42.9 Å². The number of hydrogen-bond acceptors (Lipinski definition) is 5. The van der Waals surface area contributed by atoms with Gasteiger partial charge >= 0.3 is 0 Å². The van der Waals surface area contributed by atoms with Crippen molar-refractivity contribution in [2.75, 3.05) is 32.8 Å². The molecule has 25 heavy (non-hydrogen) atoms. The normalized spacial score (nSPS) is 14.3. The molecule has 0 aliphatic carbocycles. The van der Waals surface area contributed by atoms with Crippen LogP contribution < -0.4 is 4.74 Å². The highest BCUT2D eigenvalue weighted by molar-refractivity contribution is 5.92. The molecule has 0 unspecified atom stereocenters. The third-order valence-corrected chi connectivity index (χ3v) is 3.88. The van der Waals surface area contributed by atoms with Gasteiger partial charge in [0.15, 0.2) is 6.61 Å². The van der Waals surface area contributed by atoms with Crippen LogP contribution in [0.1, 0.15) is 10.5 Å². The number of carbonyl (C=O) groups excluding carboxylic acids is 2. The van der Waals surface area contributed by atoms with Crippen molar-refractivity contribution in [3.8, 4) is 5.75 Å². The van der Waals surface area contributed by atoms with Gasteiger partial charge in [-0.3, -0.25) is 14.6 Å². The lowest BCUT2D eigenvalue weighted by Crippen LogP contribution is -2.51. The number of aromatic nitrogens is 2. The van der Waals surface area contributed by atoms with Crippen molar-refractivity contribution in [1.29, 1.82) is 0 Å². The minimum absolute atomic E-state index is 0.121. The Morgan fingerprint density at radius 1 is 1.04 bits per heavy atom. The number of ether oxygens (including phenoxy) is 1. The number of hydrogen-bond donors (Lipinski definition) is 0. The van der Waals surface area contributed by atoms with Crippen LogP contribution in [0.25, 0.3) is 0 Å². The van der Waals surface area contributed by atoms with Crippen molar-refractivity contribution in [3.05, 3.63) is 54.4 Å². The van der Waals surface area contributed by atoms with Gasteiger partial charge in [0, 0.05) is 38.6 Å². The van der Waals surface area contributed by atoms with E-state index in [1.807, 2.05) is 0 Å². The number of carbonyl (C=O) groups is 2. The summed E-state index contributed by atoms with van der Waals surface area (Å²) in [7, 11) is 0. The van der Waals surface area contributed by atoms with Gasteiger partial charge in [-0.2, -0.15) is 0 Å². The van der Waals surface area contributed by atoms with Crippen molar-refractivity contribution in [3.63, 3.8) is 0 Å². The van der Waals surface area contributed by atoms with Crippen LogP contribution in [0, 0.1) is 5.82 Å². The second kappa shape index (κ2) is 7.69. The first-order valence-electron chi connectivity index (χ1n) is 7.85. The second-order valence-corrected chi connectivity index (χ2v) is 5.51. The van der Waals surface area contributed by atoms with Crippen molar-refractivity contribution < 1.29 is 18.7 Å². The van der Waals surface area contributed by atoms with Crippen LogP contribution in [0.3, 0.4) is 0 Å². The van der Waals surface area contributed by atoms with Crippen LogP contribution >= 0.6 is 0 Å². The maximum Gasteiger partial charge on any atom is 0.274 e. The van der Waals surface area contributed by atoms with E-state index >= 15 is 0 Å². The van der Waals surface area contributed by atoms with E-state index in [2.05, 4.69) is 9.97 Å². The Labute approximate surface area is 144 Å². The van der Waals surface area contributed by atoms with Gasteiger partial charge < -0.3 is 14.5 Å². The lowest BCUT2D eigenvalue weighted by molar-refractivity contribution is -0.134. The van der Waals surface area contributed by atoms with Gasteiger partial charge in [-0.25, -0.2) is 9.37 Å². The van der Waals surface area contributed by atoms with Gasteiger partial charge in [0.1, 0.15) is 17.3 Å². The van der Waals surface area contributed by atoms with Crippen molar-refractivity contribution in [2.24, 2.45) is 0 Å². The summed E-state index contributed by atoms with van der Waals surface area (Å²) in [5, 5.41) is 0. The predicted molar refractivity (Wildman–Crippen MR) is 86.4 cm³/mol. The lowest BCUT2D eigenvalue weighted by Gasteiger charge is -2.34. The first-order chi connectivity index (χ1) is 12.1. The topological polar surface area (TPSA) is 75.6 Å². The zero-order chi connectivity index (χ0) is 17.6. The maximum atomic E-state index is 12.8. The van der Waals surface area contributed by atoms with E-state index in [1.165, 1.54) is 42.9 Å². The summed E-state index contributed by atoms with van der Waals surface area (Å²) in [4.78, 5) is 35.6. The molecule has 130 valence electrons. The Balaban J connectivity index is 1.47. The van der Waals surface area contributed by atoms with Gasteiger partial charge in [-0.15, -0.1) is 0 Å². The van der Waals surface area contributed by atoms with E-state index < -0.39 is 0 Å². The third-order valence-electron chi connectivity index (χ3n) is 3.88. The first kappa shape index (κ1) is 16.8. The largest absolute Gasteiger partial charge is 0.484 e. The first-order valence-corrected chi connectivity index (χ1v) is 7.85. The lowest BCUT2D eigenvalue weighted by atomic mass is 10.2. The summed E-state index contributed by atoms with van der Waals surface area (Å²) in [6.45, 7) is 1.59. The molecule has 0 N–H and O–H groups in total. The zero-order valence-electron chi connectivity index (χ0n) is 13.5. The van der Waals surface area contributed by atoms with Gasteiger partial charge in [0.2, 0.25) is 0 Å². The van der Waals surface area contributed by atoms with Crippen molar-refractivity contribution in [1.82, 2.24) is 19.8 Å². The third kappa shape index (κ3) is 4.28. The highest BCUT2D eigenvalue weighted by Crippen LogP contribution is 2.12. The molecule has 2 amide bonds. The second-order valence-electron chi connectivity index (χ2n) is 5.51. The average molecular weight is 344 g/mol. The molecular weight excluding hydrogens is 327 g/mol. The molecule has 7 nitrogen and oxygen atoms in total. The van der Waals surface area contributed by atoms with Gasteiger partial charge in [0.05, 0.1) is 6.20 Å². The molecule has 0 spiro atoms. The van der Waals surface area contributed by atoms with Gasteiger partial charge in [0.25, 0.3) is 11.8 Å². The Morgan fingerprint density at radius 3 is 2.36 bits per heavy atom. The summed E-state index contributed by atoms with van der Waals surface area (Å²) < 4.78 is 18.2. The fraction of sp³-hybridized carbons (Fsp3) is 0.294. The molecule has 2 heterocycles. The van der Waals surface area contributed by atoms with E-state index in [4.69, 9.17) is 4.74 Å². The van der Waals surface area contributed by atoms with E-state index in [9.17, 15) is 14.0 Å². The number of amides is 2. The predicted octanol–water partition coefficient (Wildman–Crippen LogP) is 0.979. The number of halogens is 1. The molecule has 1 aromatic heterocycles. The highest BCUT2D eigenvalue weighted by atomic mass is 19.1. The monoisotopic (exact) mass is 344 g/mol. The number of rotatable bonds is 4. The molecule has 2 aromatic rings. The molecule has 0 saturated carbocycles. The maximum absolute atomic E-state index is 12.8. The molecule has 1 saturated heterocycles. The summed E-state index contributed by atoms with van der Waals surface area (Å²) in [5.74, 6) is -0.285. The summed E-state index contributed by atoms with van der Waals surface area (Å²) in [6.07, 6.45) is 4.41. The molecule has 3 rings (SSSR count). The summed E-state index contributed by atoms with van der Waals surface area (Å²) in [5.41, 5.74) is 0.293. The fourth-order valence-corrected chi connectivity index (χ4v) is 2.50. The van der Waals surface area contributed by atoms with Crippen LogP contribution in [-0.2, 0) is 4.79 Å². The van der Waals surface area contributed by atoms with Gasteiger partial charge in [-0.1, -0.05) is 0 Å². The van der Waals surface area contributed by atoms with Crippen LogP contribution in [0.2, 0.25) is 0 Å². The van der Waals surface area contributed by atoms with E-state index in [-0.39, 0.29) is 24.2 Å². The number of nitrogens with zero attached hydrogens (tertiary/aromatic N) is 4. The fourth-order valence-electron chi connectivity index (χ4n) is 2.50. The Morgan fingerprint density at radius 2 is 1.72 bits per heavy atom. The van der Waals surface area contributed by atoms with Gasteiger partial charge in [-0.05, 0) is 24.3 Å². The Hall–Kier alpha value is -3.03. The Kier molecular flexibility index (Phi) is 5.17. The highest BCUT2D eigenvalue weighted by Gasteiger charge is 2.25. The smallest absolute Gasteiger partial charge is 0.274 e. The van der Waals surface area contributed by atoms with Crippen molar-refractivity contribution >= 4 is 11.8 Å². The molecular formula is C17H17FN4O3. The molecule has 1 fully saturated rings. The average Bonchev–Trinajstić information content (AvgIpc) is 2.67. The number of benzene rings is 1. The number of piperazine rings is 1. The minimum Gasteiger partial charge on any atom is -0.484 e. The molecule has 1 aromatic carbocycles. The zero-order valence-corrected chi connectivity index (χ0v) is 13.5.